The first-order valence-corrected chi connectivity index (χ1v) is 15.5. The molecule has 214 valence electrons. The Kier molecular flexibility index (Phi) is 13.7. The molecule has 7 heteroatoms. The third-order valence-electron chi connectivity index (χ3n) is 7.08. The number of hydrogen-bond donors (Lipinski definition) is 0. The molecule has 0 aliphatic heterocycles. The Morgan fingerprint density at radius 1 is 0.925 bits per heavy atom. The molecule has 3 rings (SSSR count). The highest BCUT2D eigenvalue weighted by Gasteiger charge is 2.19. The van der Waals surface area contributed by atoms with E-state index in [0.717, 1.165) is 40.3 Å². The summed E-state index contributed by atoms with van der Waals surface area (Å²) in [7, 11) is 0. The lowest BCUT2D eigenvalue weighted by Crippen LogP contribution is -2.32. The Morgan fingerprint density at radius 2 is 1.62 bits per heavy atom. The van der Waals surface area contributed by atoms with Crippen LogP contribution in [-0.2, 0) is 17.8 Å². The molecule has 0 fully saturated rings. The maximum absolute atomic E-state index is 13.5. The lowest BCUT2D eigenvalue weighted by Gasteiger charge is -2.24. The number of carbonyl (C=O) groups is 1. The van der Waals surface area contributed by atoms with Gasteiger partial charge in [-0.05, 0) is 49.2 Å². The van der Waals surface area contributed by atoms with Gasteiger partial charge >= 0.3 is 0 Å². The van der Waals surface area contributed by atoms with Crippen LogP contribution in [-0.4, -0.2) is 27.3 Å². The first-order valence-electron chi connectivity index (χ1n) is 14.7. The number of benzene rings is 2. The van der Waals surface area contributed by atoms with E-state index in [9.17, 15) is 14.9 Å². The minimum atomic E-state index is -0.369. The molecule has 0 unspecified atom stereocenters. The first kappa shape index (κ1) is 31.3. The summed E-state index contributed by atoms with van der Waals surface area (Å²) in [4.78, 5) is 33.0. The number of pyridine rings is 1. The van der Waals surface area contributed by atoms with Gasteiger partial charge in [-0.1, -0.05) is 93.8 Å². The molecule has 3 aromatic rings. The van der Waals surface area contributed by atoms with Gasteiger partial charge in [0.15, 0.2) is 0 Å². The van der Waals surface area contributed by atoms with E-state index >= 15 is 0 Å². The minimum absolute atomic E-state index is 0.0410. The van der Waals surface area contributed by atoms with Crippen molar-refractivity contribution in [3.8, 4) is 0 Å². The number of nitro groups is 1. The van der Waals surface area contributed by atoms with Crippen molar-refractivity contribution < 1.29 is 9.72 Å². The van der Waals surface area contributed by atoms with Crippen molar-refractivity contribution in [1.82, 2.24) is 9.88 Å². The van der Waals surface area contributed by atoms with Crippen LogP contribution in [0.1, 0.15) is 88.0 Å². The van der Waals surface area contributed by atoms with Crippen LogP contribution in [0.2, 0.25) is 0 Å². The summed E-state index contributed by atoms with van der Waals surface area (Å²) in [6.07, 6.45) is 13.7. The van der Waals surface area contributed by atoms with Crippen LogP contribution >= 0.6 is 11.8 Å². The van der Waals surface area contributed by atoms with E-state index in [1.165, 1.54) is 44.1 Å². The van der Waals surface area contributed by atoms with E-state index in [-0.39, 0.29) is 16.5 Å². The van der Waals surface area contributed by atoms with Gasteiger partial charge in [0.2, 0.25) is 5.91 Å². The predicted molar refractivity (Wildman–Crippen MR) is 164 cm³/mol. The van der Waals surface area contributed by atoms with Gasteiger partial charge < -0.3 is 4.90 Å². The SMILES string of the molecule is CCCCCCCCCCCC(=O)N(CCc1ccccn1)Cc1cc([N+](=O)[O-])ccc1Sc1ccc(C)cc1. The minimum Gasteiger partial charge on any atom is -0.338 e. The molecule has 0 aliphatic carbocycles. The van der Waals surface area contributed by atoms with Crippen molar-refractivity contribution in [2.75, 3.05) is 6.54 Å². The van der Waals surface area contributed by atoms with Crippen LogP contribution in [0.4, 0.5) is 5.69 Å². The Hall–Kier alpha value is -3.19. The van der Waals surface area contributed by atoms with Gasteiger partial charge in [0.25, 0.3) is 5.69 Å². The zero-order valence-corrected chi connectivity index (χ0v) is 24.8. The van der Waals surface area contributed by atoms with Crippen LogP contribution in [0.3, 0.4) is 0 Å². The highest BCUT2D eigenvalue weighted by Crippen LogP contribution is 2.33. The molecule has 1 aromatic heterocycles. The Morgan fingerprint density at radius 3 is 2.27 bits per heavy atom. The second kappa shape index (κ2) is 17.5. The molecule has 0 saturated carbocycles. The summed E-state index contributed by atoms with van der Waals surface area (Å²) >= 11 is 1.57. The van der Waals surface area contributed by atoms with Gasteiger partial charge in [0.05, 0.1) is 4.92 Å². The van der Waals surface area contributed by atoms with Crippen molar-refractivity contribution >= 4 is 23.4 Å². The average Bonchev–Trinajstić information content (AvgIpc) is 2.96. The quantitative estimate of drug-likeness (QED) is 0.0880. The topological polar surface area (TPSA) is 76.3 Å². The highest BCUT2D eigenvalue weighted by molar-refractivity contribution is 7.99. The Balaban J connectivity index is 1.69. The van der Waals surface area contributed by atoms with Crippen LogP contribution in [0.5, 0.6) is 0 Å². The third kappa shape index (κ3) is 11.1. The van der Waals surface area contributed by atoms with Gasteiger partial charge in [-0.2, -0.15) is 0 Å². The zero-order chi connectivity index (χ0) is 28.6. The van der Waals surface area contributed by atoms with Crippen LogP contribution in [0, 0.1) is 17.0 Å². The van der Waals surface area contributed by atoms with E-state index in [2.05, 4.69) is 36.2 Å². The smallest absolute Gasteiger partial charge is 0.269 e. The third-order valence-corrected chi connectivity index (χ3v) is 8.20. The first-order chi connectivity index (χ1) is 19.5. The molecule has 0 N–H and O–H groups in total. The Labute approximate surface area is 243 Å². The summed E-state index contributed by atoms with van der Waals surface area (Å²) < 4.78 is 0. The Bertz CT molecular complexity index is 1190. The number of amides is 1. The number of nitrogens with zero attached hydrogens (tertiary/aromatic N) is 3. The number of aromatic nitrogens is 1. The van der Waals surface area contributed by atoms with Gasteiger partial charge in [0.1, 0.15) is 0 Å². The van der Waals surface area contributed by atoms with Crippen LogP contribution in [0.25, 0.3) is 0 Å². The summed E-state index contributed by atoms with van der Waals surface area (Å²) in [6.45, 7) is 5.13. The van der Waals surface area contributed by atoms with Crippen molar-refractivity contribution in [2.24, 2.45) is 0 Å². The van der Waals surface area contributed by atoms with Gasteiger partial charge in [0, 0.05) is 59.7 Å². The number of unbranched alkanes of at least 4 members (excludes halogenated alkanes) is 8. The number of non-ortho nitro benzene ring substituents is 1. The van der Waals surface area contributed by atoms with E-state index in [4.69, 9.17) is 0 Å². The molecule has 40 heavy (non-hydrogen) atoms. The lowest BCUT2D eigenvalue weighted by atomic mass is 10.1. The van der Waals surface area contributed by atoms with E-state index in [0.29, 0.717) is 25.9 Å². The molecule has 6 nitrogen and oxygen atoms in total. The molecule has 0 radical (unpaired) electrons. The van der Waals surface area contributed by atoms with E-state index in [1.54, 1.807) is 36.2 Å². The van der Waals surface area contributed by atoms with Crippen LogP contribution < -0.4 is 0 Å². The molecule has 0 saturated heterocycles. The maximum Gasteiger partial charge on any atom is 0.269 e. The van der Waals surface area contributed by atoms with Crippen molar-refractivity contribution in [3.63, 3.8) is 0 Å². The molecule has 1 amide bonds. The van der Waals surface area contributed by atoms with E-state index in [1.807, 2.05) is 30.0 Å². The maximum atomic E-state index is 13.5. The number of carbonyl (C=O) groups excluding carboxylic acids is 1. The summed E-state index contributed by atoms with van der Waals surface area (Å²) in [5, 5.41) is 11.6. The standard InChI is InChI=1S/C33H43N3O3S/c1-3-4-5-6-7-8-9-10-11-15-33(37)35(24-22-29-14-12-13-23-34-29)26-28-25-30(36(38)39)18-21-32(28)40-31-19-16-27(2)17-20-31/h12-14,16-21,23,25H,3-11,15,22,24,26H2,1-2H3. The van der Waals surface area contributed by atoms with Crippen molar-refractivity contribution in [3.05, 3.63) is 93.8 Å². The normalized spacial score (nSPS) is 10.9. The monoisotopic (exact) mass is 561 g/mol. The molecule has 0 bridgehead atoms. The molecular weight excluding hydrogens is 518 g/mol. The van der Waals surface area contributed by atoms with E-state index < -0.39 is 0 Å². The molecule has 0 atom stereocenters. The van der Waals surface area contributed by atoms with Crippen molar-refractivity contribution in [1.29, 1.82) is 0 Å². The molecule has 0 spiro atoms. The summed E-state index contributed by atoms with van der Waals surface area (Å²) in [5.41, 5.74) is 2.94. The fraction of sp³-hybridized carbons (Fsp3) is 0.455. The molecule has 0 aliphatic rings. The fourth-order valence-electron chi connectivity index (χ4n) is 4.67. The van der Waals surface area contributed by atoms with Gasteiger partial charge in [-0.15, -0.1) is 0 Å². The number of nitro benzene ring substituents is 1. The second-order valence-corrected chi connectivity index (χ2v) is 11.5. The lowest BCUT2D eigenvalue weighted by molar-refractivity contribution is -0.385. The number of rotatable bonds is 18. The summed E-state index contributed by atoms with van der Waals surface area (Å²) in [5.74, 6) is 0.0941. The number of hydrogen-bond acceptors (Lipinski definition) is 5. The summed E-state index contributed by atoms with van der Waals surface area (Å²) in [6, 6.07) is 19.0. The molecule has 1 heterocycles. The van der Waals surface area contributed by atoms with Gasteiger partial charge in [-0.25, -0.2) is 0 Å². The van der Waals surface area contributed by atoms with Crippen molar-refractivity contribution in [2.45, 2.75) is 101 Å². The zero-order valence-electron chi connectivity index (χ0n) is 24.0. The second-order valence-electron chi connectivity index (χ2n) is 10.4. The van der Waals surface area contributed by atoms with Crippen LogP contribution in [0.15, 0.2) is 76.7 Å². The average molecular weight is 562 g/mol. The highest BCUT2D eigenvalue weighted by atomic mass is 32.2. The molecular formula is C33H43N3O3S. The van der Waals surface area contributed by atoms with Gasteiger partial charge in [-0.3, -0.25) is 19.9 Å². The molecule has 2 aromatic carbocycles. The number of aryl methyl sites for hydroxylation is 1. The fourth-order valence-corrected chi connectivity index (χ4v) is 5.59. The predicted octanol–water partition coefficient (Wildman–Crippen LogP) is 8.94. The largest absolute Gasteiger partial charge is 0.338 e.